The first-order chi connectivity index (χ1) is 16.1. The van der Waals surface area contributed by atoms with Crippen molar-refractivity contribution in [2.45, 2.75) is 51.1 Å². The van der Waals surface area contributed by atoms with Gasteiger partial charge in [-0.1, -0.05) is 6.07 Å². The first kappa shape index (κ1) is 22.6. The van der Waals surface area contributed by atoms with E-state index in [1.807, 2.05) is 25.3 Å². The van der Waals surface area contributed by atoms with E-state index in [0.717, 1.165) is 27.8 Å². The summed E-state index contributed by atoms with van der Waals surface area (Å²) in [5.74, 6) is -2.89. The van der Waals surface area contributed by atoms with Gasteiger partial charge in [0.1, 0.15) is 11.6 Å². The minimum Gasteiger partial charge on any atom is -0.496 e. The third-order valence-electron chi connectivity index (χ3n) is 7.49. The quantitative estimate of drug-likeness (QED) is 0.489. The highest BCUT2D eigenvalue weighted by Crippen LogP contribution is 2.60. The largest absolute Gasteiger partial charge is 0.496 e. The summed E-state index contributed by atoms with van der Waals surface area (Å²) in [6.45, 7) is 3.17. The van der Waals surface area contributed by atoms with Gasteiger partial charge in [0.15, 0.2) is 5.69 Å². The SMILES string of the molecule is COc1cc(C)c2[nH]ccc2c1CN1CCC2(C[C@@H]1c1ccc(C(=O)O)nc1N)CC(F)(F)C2. The van der Waals surface area contributed by atoms with Gasteiger partial charge >= 0.3 is 5.97 Å². The van der Waals surface area contributed by atoms with E-state index in [1.54, 1.807) is 13.2 Å². The van der Waals surface area contributed by atoms with E-state index in [9.17, 15) is 18.7 Å². The van der Waals surface area contributed by atoms with Crippen LogP contribution in [-0.2, 0) is 6.54 Å². The molecule has 0 radical (unpaired) electrons. The fraction of sp³-hybridized carbons (Fsp3) is 0.440. The molecule has 1 aliphatic heterocycles. The second-order valence-electron chi connectivity index (χ2n) is 9.77. The average molecular weight is 471 g/mol. The minimum absolute atomic E-state index is 0.124. The molecule has 2 aliphatic rings. The number of hydrogen-bond donors (Lipinski definition) is 3. The highest BCUT2D eigenvalue weighted by Gasteiger charge is 2.58. The number of anilines is 1. The predicted molar refractivity (Wildman–Crippen MR) is 124 cm³/mol. The van der Waals surface area contributed by atoms with Gasteiger partial charge in [-0.2, -0.15) is 0 Å². The smallest absolute Gasteiger partial charge is 0.354 e. The number of H-pyrrole nitrogens is 1. The number of nitrogens with one attached hydrogen (secondary N) is 1. The van der Waals surface area contributed by atoms with Crippen LogP contribution in [0.15, 0.2) is 30.5 Å². The van der Waals surface area contributed by atoms with E-state index in [4.69, 9.17) is 10.5 Å². The third kappa shape index (κ3) is 3.77. The predicted octanol–water partition coefficient (Wildman–Crippen LogP) is 4.91. The van der Waals surface area contributed by atoms with Crippen molar-refractivity contribution >= 4 is 22.7 Å². The molecule has 2 fully saturated rings. The second-order valence-corrected chi connectivity index (χ2v) is 9.77. The van der Waals surface area contributed by atoms with Crippen molar-refractivity contribution in [2.24, 2.45) is 5.41 Å². The number of halogens is 2. The van der Waals surface area contributed by atoms with E-state index in [1.165, 1.54) is 6.07 Å². The Hall–Kier alpha value is -3.20. The number of nitrogens with two attached hydrogens (primary N) is 1. The van der Waals surface area contributed by atoms with Crippen molar-refractivity contribution in [3.63, 3.8) is 0 Å². The molecule has 1 saturated heterocycles. The number of methoxy groups -OCH3 is 1. The van der Waals surface area contributed by atoms with Crippen molar-refractivity contribution in [3.8, 4) is 5.75 Å². The number of carboxylic acids is 1. The third-order valence-corrected chi connectivity index (χ3v) is 7.49. The summed E-state index contributed by atoms with van der Waals surface area (Å²) in [5, 5.41) is 10.3. The number of pyridine rings is 1. The van der Waals surface area contributed by atoms with E-state index >= 15 is 0 Å². The molecule has 3 aromatic rings. The van der Waals surface area contributed by atoms with Crippen LogP contribution in [0.25, 0.3) is 10.9 Å². The Kier molecular flexibility index (Phi) is 5.27. The number of nitrogens with zero attached hydrogens (tertiary/aromatic N) is 2. The zero-order valence-electron chi connectivity index (χ0n) is 19.2. The number of rotatable bonds is 5. The molecule has 7 nitrogen and oxygen atoms in total. The summed E-state index contributed by atoms with van der Waals surface area (Å²) in [6, 6.07) is 6.86. The fourth-order valence-electron chi connectivity index (χ4n) is 5.91. The van der Waals surface area contributed by atoms with Gasteiger partial charge in [0.2, 0.25) is 5.92 Å². The number of ether oxygens (including phenoxy) is 1. The molecule has 0 amide bonds. The fourth-order valence-corrected chi connectivity index (χ4v) is 5.91. The number of likely N-dealkylation sites (tertiary alicyclic amines) is 1. The number of fused-ring (bicyclic) bond motifs is 1. The number of benzene rings is 1. The van der Waals surface area contributed by atoms with Crippen LogP contribution in [0.4, 0.5) is 14.6 Å². The monoisotopic (exact) mass is 470 g/mol. The zero-order valence-corrected chi connectivity index (χ0v) is 19.2. The van der Waals surface area contributed by atoms with E-state index in [0.29, 0.717) is 31.5 Å². The van der Waals surface area contributed by atoms with E-state index < -0.39 is 17.3 Å². The Morgan fingerprint density at radius 2 is 2.12 bits per heavy atom. The topological polar surface area (TPSA) is 104 Å². The lowest BCUT2D eigenvalue weighted by molar-refractivity contribution is -0.186. The first-order valence-electron chi connectivity index (χ1n) is 11.4. The van der Waals surface area contributed by atoms with Gasteiger partial charge in [-0.25, -0.2) is 18.6 Å². The lowest BCUT2D eigenvalue weighted by Gasteiger charge is -2.54. The van der Waals surface area contributed by atoms with Crippen molar-refractivity contribution in [1.29, 1.82) is 0 Å². The summed E-state index contributed by atoms with van der Waals surface area (Å²) in [7, 11) is 1.64. The highest BCUT2D eigenvalue weighted by molar-refractivity contribution is 5.88. The first-order valence-corrected chi connectivity index (χ1v) is 11.4. The number of hydrogen-bond acceptors (Lipinski definition) is 5. The molecule has 0 bridgehead atoms. The van der Waals surface area contributed by atoms with Crippen LogP contribution in [-0.4, -0.2) is 45.5 Å². The lowest BCUT2D eigenvalue weighted by Crippen LogP contribution is -2.53. The maximum atomic E-state index is 13.9. The number of aromatic carboxylic acids is 1. The molecule has 1 aromatic carbocycles. The molecule has 1 saturated carbocycles. The van der Waals surface area contributed by atoms with Crippen LogP contribution in [0.5, 0.6) is 5.75 Å². The number of aromatic nitrogens is 2. The van der Waals surface area contributed by atoms with Crippen molar-refractivity contribution in [3.05, 3.63) is 52.8 Å². The summed E-state index contributed by atoms with van der Waals surface area (Å²) in [5.41, 5.74) is 9.44. The number of aryl methyl sites for hydroxylation is 1. The average Bonchev–Trinajstić information content (AvgIpc) is 3.26. The van der Waals surface area contributed by atoms with Crippen LogP contribution in [0, 0.1) is 12.3 Å². The molecular weight excluding hydrogens is 442 g/mol. The molecule has 1 atom stereocenters. The number of piperidine rings is 1. The molecule has 34 heavy (non-hydrogen) atoms. The molecule has 0 unspecified atom stereocenters. The molecule has 9 heteroatoms. The van der Waals surface area contributed by atoms with Crippen molar-refractivity contribution < 1.29 is 23.4 Å². The van der Waals surface area contributed by atoms with Crippen LogP contribution < -0.4 is 10.5 Å². The normalized spacial score (nSPS) is 21.5. The second kappa shape index (κ2) is 7.94. The summed E-state index contributed by atoms with van der Waals surface area (Å²) >= 11 is 0. The molecule has 4 N–H and O–H groups in total. The Morgan fingerprint density at radius 3 is 2.76 bits per heavy atom. The number of carboxylic acid groups (broad SMARTS) is 1. The summed E-state index contributed by atoms with van der Waals surface area (Å²) < 4.78 is 33.5. The van der Waals surface area contributed by atoms with Gasteiger partial charge in [-0.15, -0.1) is 0 Å². The molecule has 1 aliphatic carbocycles. The zero-order chi connectivity index (χ0) is 24.3. The van der Waals surface area contributed by atoms with Gasteiger partial charge in [-0.3, -0.25) is 4.90 Å². The Morgan fingerprint density at radius 1 is 1.35 bits per heavy atom. The molecule has 5 rings (SSSR count). The number of alkyl halides is 2. The van der Waals surface area contributed by atoms with Crippen molar-refractivity contribution in [1.82, 2.24) is 14.9 Å². The number of carbonyl (C=O) groups is 1. The van der Waals surface area contributed by atoms with Crippen molar-refractivity contribution in [2.75, 3.05) is 19.4 Å². The van der Waals surface area contributed by atoms with Crippen LogP contribution in [0.3, 0.4) is 0 Å². The molecule has 2 aromatic heterocycles. The van der Waals surface area contributed by atoms with Crippen LogP contribution in [0.1, 0.15) is 58.9 Å². The Balaban J connectivity index is 1.54. The number of nitrogen functional groups attached to an aromatic ring is 1. The summed E-state index contributed by atoms with van der Waals surface area (Å²) in [6.07, 6.45) is 2.84. The van der Waals surface area contributed by atoms with Crippen LogP contribution in [0.2, 0.25) is 0 Å². The van der Waals surface area contributed by atoms with E-state index in [2.05, 4.69) is 14.9 Å². The maximum absolute atomic E-state index is 13.9. The van der Waals surface area contributed by atoms with Gasteiger partial charge in [0.25, 0.3) is 0 Å². The minimum atomic E-state index is -2.62. The van der Waals surface area contributed by atoms with Gasteiger partial charge in [0, 0.05) is 53.7 Å². The van der Waals surface area contributed by atoms with Gasteiger partial charge in [-0.05, 0) is 55.5 Å². The molecular formula is C25H28F2N4O3. The maximum Gasteiger partial charge on any atom is 0.354 e. The van der Waals surface area contributed by atoms with Gasteiger partial charge < -0.3 is 20.6 Å². The van der Waals surface area contributed by atoms with Gasteiger partial charge in [0.05, 0.1) is 7.11 Å². The Labute approximate surface area is 195 Å². The molecule has 1 spiro atoms. The molecule has 180 valence electrons. The highest BCUT2D eigenvalue weighted by atomic mass is 19.3. The summed E-state index contributed by atoms with van der Waals surface area (Å²) in [4.78, 5) is 20.9. The molecule has 3 heterocycles. The number of aromatic amines is 1. The lowest BCUT2D eigenvalue weighted by atomic mass is 9.59. The Bertz CT molecular complexity index is 1260. The standard InChI is InChI=1S/C25H28F2N4O3/c1-14-9-20(34-2)17(15-5-7-29-21(14)15)11-31-8-6-24(12-25(26,27)13-24)10-19(31)16-3-4-18(23(32)33)30-22(16)28/h3-5,7,9,19,29H,6,8,10-13H2,1-2H3,(H2,28,30)(H,32,33)/t19-/m1/s1. The van der Waals surface area contributed by atoms with Crippen LogP contribution >= 0.6 is 0 Å². The van der Waals surface area contributed by atoms with E-state index in [-0.39, 0.29) is 30.4 Å².